The molecule has 0 aliphatic carbocycles. The second-order valence-electron chi connectivity index (χ2n) is 8.20. The van der Waals surface area contributed by atoms with Crippen LogP contribution in [0.3, 0.4) is 0 Å². The van der Waals surface area contributed by atoms with Crippen LogP contribution in [-0.2, 0) is 4.74 Å². The first kappa shape index (κ1) is 28.1. The number of alkyl halides is 3. The predicted molar refractivity (Wildman–Crippen MR) is 118 cm³/mol. The van der Waals surface area contributed by atoms with Crippen molar-refractivity contribution in [1.82, 2.24) is 0 Å². The molecule has 0 unspecified atom stereocenters. The zero-order valence-electron chi connectivity index (χ0n) is 18.5. The van der Waals surface area contributed by atoms with Gasteiger partial charge in [0, 0.05) is 13.0 Å². The predicted octanol–water partition coefficient (Wildman–Crippen LogP) is 8.95. The molecule has 1 nitrogen and oxygen atoms in total. The summed E-state index contributed by atoms with van der Waals surface area (Å²) in [5, 5.41) is 0. The normalized spacial score (nSPS) is 12.2. The van der Waals surface area contributed by atoms with E-state index in [-0.39, 0.29) is 0 Å². The Morgan fingerprint density at radius 3 is 1.43 bits per heavy atom. The van der Waals surface area contributed by atoms with E-state index in [1.807, 2.05) is 0 Å². The fourth-order valence-corrected chi connectivity index (χ4v) is 4.17. The van der Waals surface area contributed by atoms with E-state index in [1.165, 1.54) is 82.1 Å². The first-order valence-corrected chi connectivity index (χ1v) is 12.8. The third-order valence-corrected chi connectivity index (χ3v) is 6.04. The minimum absolute atomic E-state index is 0.301. The van der Waals surface area contributed by atoms with Crippen LogP contribution in [0.1, 0.15) is 117 Å². The molecule has 0 atom stereocenters. The molecule has 0 bridgehead atoms. The lowest BCUT2D eigenvalue weighted by Gasteiger charge is -2.07. The fourth-order valence-electron chi connectivity index (χ4n) is 3.23. The standard InChI is InChI=1S/C23H45F3OS/c1-22(2)27-19-17-21-28-20-16-14-12-10-8-6-4-3-5-7-9-11-13-15-18-23(24,25)26/h22H,3-21H2,1-2H3. The Balaban J connectivity index is 3.03. The van der Waals surface area contributed by atoms with Gasteiger partial charge in [-0.3, -0.25) is 0 Å². The Bertz CT molecular complexity index is 309. The van der Waals surface area contributed by atoms with E-state index >= 15 is 0 Å². The van der Waals surface area contributed by atoms with Crippen LogP contribution >= 0.6 is 11.8 Å². The van der Waals surface area contributed by atoms with E-state index in [0.29, 0.717) is 12.5 Å². The van der Waals surface area contributed by atoms with Gasteiger partial charge < -0.3 is 4.74 Å². The van der Waals surface area contributed by atoms with Crippen molar-refractivity contribution in [2.24, 2.45) is 0 Å². The van der Waals surface area contributed by atoms with Crippen molar-refractivity contribution in [3.63, 3.8) is 0 Å². The molecule has 0 aliphatic heterocycles. The number of hydrogen-bond donors (Lipinski definition) is 0. The molecule has 0 aliphatic rings. The number of halogens is 3. The summed E-state index contributed by atoms with van der Waals surface area (Å²) < 4.78 is 41.5. The van der Waals surface area contributed by atoms with Gasteiger partial charge in [0.2, 0.25) is 0 Å². The fraction of sp³-hybridized carbons (Fsp3) is 1.00. The van der Waals surface area contributed by atoms with Crippen LogP contribution in [0.25, 0.3) is 0 Å². The van der Waals surface area contributed by atoms with Crippen LogP contribution in [0.5, 0.6) is 0 Å². The van der Waals surface area contributed by atoms with Gasteiger partial charge in [-0.2, -0.15) is 24.9 Å². The summed E-state index contributed by atoms with van der Waals surface area (Å²) in [5.41, 5.74) is 0. The lowest BCUT2D eigenvalue weighted by atomic mass is 10.0. The van der Waals surface area contributed by atoms with Gasteiger partial charge in [0.25, 0.3) is 0 Å². The van der Waals surface area contributed by atoms with Crippen molar-refractivity contribution in [2.45, 2.75) is 129 Å². The molecule has 28 heavy (non-hydrogen) atoms. The van der Waals surface area contributed by atoms with Crippen molar-refractivity contribution in [2.75, 3.05) is 18.1 Å². The number of ether oxygens (including phenoxy) is 1. The highest BCUT2D eigenvalue weighted by atomic mass is 32.2. The summed E-state index contributed by atoms with van der Waals surface area (Å²) in [6, 6.07) is 0. The Morgan fingerprint density at radius 2 is 1.00 bits per heavy atom. The highest BCUT2D eigenvalue weighted by molar-refractivity contribution is 7.99. The summed E-state index contributed by atoms with van der Waals surface area (Å²) in [4.78, 5) is 0. The maximum atomic E-state index is 12.0. The average Bonchev–Trinajstić information content (AvgIpc) is 2.61. The van der Waals surface area contributed by atoms with E-state index < -0.39 is 12.6 Å². The highest BCUT2D eigenvalue weighted by Crippen LogP contribution is 2.23. The smallest absolute Gasteiger partial charge is 0.379 e. The molecular weight excluding hydrogens is 381 g/mol. The Labute approximate surface area is 177 Å². The third-order valence-electron chi connectivity index (χ3n) is 4.88. The van der Waals surface area contributed by atoms with Gasteiger partial charge in [0.05, 0.1) is 6.10 Å². The van der Waals surface area contributed by atoms with E-state index in [9.17, 15) is 13.2 Å². The first-order valence-electron chi connectivity index (χ1n) is 11.7. The molecule has 0 amide bonds. The quantitative estimate of drug-likeness (QED) is 0.169. The zero-order valence-corrected chi connectivity index (χ0v) is 19.3. The van der Waals surface area contributed by atoms with Crippen LogP contribution in [0, 0.1) is 0 Å². The molecule has 170 valence electrons. The number of hydrogen-bond acceptors (Lipinski definition) is 2. The monoisotopic (exact) mass is 426 g/mol. The maximum absolute atomic E-state index is 12.0. The molecule has 0 radical (unpaired) electrons. The van der Waals surface area contributed by atoms with E-state index in [1.54, 1.807) is 0 Å². The summed E-state index contributed by atoms with van der Waals surface area (Å²) >= 11 is 2.06. The first-order chi connectivity index (χ1) is 13.4. The van der Waals surface area contributed by atoms with Crippen LogP contribution in [0.15, 0.2) is 0 Å². The van der Waals surface area contributed by atoms with Crippen LogP contribution < -0.4 is 0 Å². The van der Waals surface area contributed by atoms with Crippen LogP contribution in [0.2, 0.25) is 0 Å². The summed E-state index contributed by atoms with van der Waals surface area (Å²) in [6.07, 6.45) is 13.2. The molecule has 0 aromatic carbocycles. The molecule has 0 aromatic heterocycles. The SMILES string of the molecule is CC(C)OCCCSCCCCCCCCCCCCCCCCC(F)(F)F. The van der Waals surface area contributed by atoms with Gasteiger partial charge >= 0.3 is 6.18 Å². The Morgan fingerprint density at radius 1 is 0.607 bits per heavy atom. The molecule has 0 N–H and O–H groups in total. The average molecular weight is 427 g/mol. The van der Waals surface area contributed by atoms with Crippen molar-refractivity contribution < 1.29 is 17.9 Å². The molecule has 0 saturated heterocycles. The molecule has 0 fully saturated rings. The molecule has 5 heteroatoms. The van der Waals surface area contributed by atoms with Crippen LogP contribution in [-0.4, -0.2) is 30.4 Å². The molecule has 0 aromatic rings. The van der Waals surface area contributed by atoms with Crippen molar-refractivity contribution in [3.8, 4) is 0 Å². The minimum Gasteiger partial charge on any atom is -0.379 e. The van der Waals surface area contributed by atoms with E-state index in [0.717, 1.165) is 25.9 Å². The molecule has 0 spiro atoms. The molecule has 0 rings (SSSR count). The van der Waals surface area contributed by atoms with Gasteiger partial charge in [-0.05, 0) is 44.6 Å². The lowest BCUT2D eigenvalue weighted by Crippen LogP contribution is -2.06. The molecule has 0 heterocycles. The Kier molecular flexibility index (Phi) is 20.4. The van der Waals surface area contributed by atoms with Gasteiger partial charge in [-0.1, -0.05) is 77.0 Å². The third kappa shape index (κ3) is 26.1. The topological polar surface area (TPSA) is 9.23 Å². The van der Waals surface area contributed by atoms with Gasteiger partial charge in [0.15, 0.2) is 0 Å². The van der Waals surface area contributed by atoms with Crippen molar-refractivity contribution in [1.29, 1.82) is 0 Å². The minimum atomic E-state index is -3.97. The highest BCUT2D eigenvalue weighted by Gasteiger charge is 2.25. The Hall–Kier alpha value is 0.100. The van der Waals surface area contributed by atoms with Gasteiger partial charge in [-0.25, -0.2) is 0 Å². The second-order valence-corrected chi connectivity index (χ2v) is 9.43. The summed E-state index contributed by atoms with van der Waals surface area (Å²) in [6.45, 7) is 5.07. The molecular formula is C23H45F3OS. The largest absolute Gasteiger partial charge is 0.389 e. The lowest BCUT2D eigenvalue weighted by molar-refractivity contribution is -0.135. The van der Waals surface area contributed by atoms with Crippen LogP contribution in [0.4, 0.5) is 13.2 Å². The zero-order chi connectivity index (χ0) is 20.9. The van der Waals surface area contributed by atoms with Crippen molar-refractivity contribution in [3.05, 3.63) is 0 Å². The van der Waals surface area contributed by atoms with Crippen molar-refractivity contribution >= 4 is 11.8 Å². The van der Waals surface area contributed by atoms with Gasteiger partial charge in [-0.15, -0.1) is 0 Å². The second kappa shape index (κ2) is 20.4. The van der Waals surface area contributed by atoms with E-state index in [2.05, 4.69) is 25.6 Å². The van der Waals surface area contributed by atoms with Gasteiger partial charge in [0.1, 0.15) is 0 Å². The maximum Gasteiger partial charge on any atom is 0.389 e. The summed E-state index contributed by atoms with van der Waals surface area (Å²) in [5.74, 6) is 2.51. The van der Waals surface area contributed by atoms with E-state index in [4.69, 9.17) is 4.74 Å². The summed E-state index contributed by atoms with van der Waals surface area (Å²) in [7, 11) is 0. The number of thioether (sulfide) groups is 1. The number of unbranched alkanes of at least 4 members (excludes halogenated alkanes) is 13. The molecule has 0 saturated carbocycles. The number of rotatable bonds is 21.